The Balaban J connectivity index is 1.70. The standard InChI is InChI=1S/C14H19NO2/c16-12-4-5-13-10(8-12)3-6-14(13)15-11-2-1-7-17-9-11/h4-5,8,11,14-16H,1-3,6-7,9H2. The van der Waals surface area contributed by atoms with Crippen LogP contribution in [0.4, 0.5) is 0 Å². The Morgan fingerprint density at radius 1 is 1.29 bits per heavy atom. The zero-order valence-electron chi connectivity index (χ0n) is 9.98. The summed E-state index contributed by atoms with van der Waals surface area (Å²) >= 11 is 0. The lowest BCUT2D eigenvalue weighted by atomic mass is 10.0. The maximum absolute atomic E-state index is 9.46. The predicted molar refractivity (Wildman–Crippen MR) is 66.1 cm³/mol. The number of phenols is 1. The Morgan fingerprint density at radius 3 is 3.06 bits per heavy atom. The number of rotatable bonds is 2. The van der Waals surface area contributed by atoms with E-state index < -0.39 is 0 Å². The van der Waals surface area contributed by atoms with Crippen LogP contribution >= 0.6 is 0 Å². The third kappa shape index (κ3) is 2.31. The minimum atomic E-state index is 0.380. The fourth-order valence-corrected chi connectivity index (χ4v) is 2.93. The SMILES string of the molecule is Oc1ccc2c(c1)CCC2NC1CCCOC1. The van der Waals surface area contributed by atoms with Crippen LogP contribution in [0.15, 0.2) is 18.2 Å². The van der Waals surface area contributed by atoms with Crippen molar-refractivity contribution in [1.29, 1.82) is 0 Å². The maximum atomic E-state index is 9.46. The van der Waals surface area contributed by atoms with Crippen molar-refractivity contribution in [1.82, 2.24) is 5.32 Å². The normalized spacial score (nSPS) is 28.0. The summed E-state index contributed by atoms with van der Waals surface area (Å²) in [6, 6.07) is 6.68. The van der Waals surface area contributed by atoms with Gasteiger partial charge in [-0.05, 0) is 48.9 Å². The molecule has 3 rings (SSSR count). The number of hydrogen-bond donors (Lipinski definition) is 2. The zero-order valence-corrected chi connectivity index (χ0v) is 9.98. The Labute approximate surface area is 102 Å². The van der Waals surface area contributed by atoms with Crippen molar-refractivity contribution >= 4 is 0 Å². The van der Waals surface area contributed by atoms with Crippen LogP contribution in [-0.4, -0.2) is 24.4 Å². The highest BCUT2D eigenvalue weighted by Gasteiger charge is 2.25. The quantitative estimate of drug-likeness (QED) is 0.822. The van der Waals surface area contributed by atoms with E-state index in [1.165, 1.54) is 17.5 Å². The molecule has 0 spiro atoms. The minimum absolute atomic E-state index is 0.380. The molecule has 1 heterocycles. The second-order valence-electron chi connectivity index (χ2n) is 5.06. The van der Waals surface area contributed by atoms with Gasteiger partial charge in [-0.3, -0.25) is 0 Å². The van der Waals surface area contributed by atoms with Gasteiger partial charge in [0.05, 0.1) is 6.61 Å². The van der Waals surface area contributed by atoms with Gasteiger partial charge in [-0.1, -0.05) is 6.07 Å². The molecule has 2 atom stereocenters. The van der Waals surface area contributed by atoms with E-state index in [1.54, 1.807) is 6.07 Å². The highest BCUT2D eigenvalue weighted by Crippen LogP contribution is 2.33. The van der Waals surface area contributed by atoms with Gasteiger partial charge in [0.15, 0.2) is 0 Å². The number of benzene rings is 1. The summed E-state index contributed by atoms with van der Waals surface area (Å²) in [5.41, 5.74) is 2.65. The van der Waals surface area contributed by atoms with Crippen molar-refractivity contribution in [2.24, 2.45) is 0 Å². The summed E-state index contributed by atoms with van der Waals surface area (Å²) in [4.78, 5) is 0. The highest BCUT2D eigenvalue weighted by atomic mass is 16.5. The second-order valence-corrected chi connectivity index (χ2v) is 5.06. The van der Waals surface area contributed by atoms with Crippen LogP contribution in [0.3, 0.4) is 0 Å². The molecule has 0 radical (unpaired) electrons. The first kappa shape index (κ1) is 11.1. The number of phenolic OH excluding ortho intramolecular Hbond substituents is 1. The first-order valence-electron chi connectivity index (χ1n) is 6.48. The Morgan fingerprint density at radius 2 is 2.24 bits per heavy atom. The topological polar surface area (TPSA) is 41.5 Å². The molecule has 17 heavy (non-hydrogen) atoms. The third-order valence-corrected chi connectivity index (χ3v) is 3.80. The summed E-state index contributed by atoms with van der Waals surface area (Å²) in [6.07, 6.45) is 4.57. The summed E-state index contributed by atoms with van der Waals surface area (Å²) in [6.45, 7) is 1.75. The molecule has 1 fully saturated rings. The number of fused-ring (bicyclic) bond motifs is 1. The fraction of sp³-hybridized carbons (Fsp3) is 0.571. The molecule has 1 aromatic rings. The van der Waals surface area contributed by atoms with Gasteiger partial charge in [0.1, 0.15) is 5.75 Å². The summed E-state index contributed by atoms with van der Waals surface area (Å²) in [7, 11) is 0. The average Bonchev–Trinajstić information content (AvgIpc) is 2.73. The van der Waals surface area contributed by atoms with Crippen molar-refractivity contribution < 1.29 is 9.84 Å². The van der Waals surface area contributed by atoms with Gasteiger partial charge in [0.25, 0.3) is 0 Å². The lowest BCUT2D eigenvalue weighted by Gasteiger charge is -2.27. The number of hydrogen-bond acceptors (Lipinski definition) is 3. The van der Waals surface area contributed by atoms with Gasteiger partial charge in [0, 0.05) is 18.7 Å². The molecule has 1 aromatic carbocycles. The van der Waals surface area contributed by atoms with Gasteiger partial charge >= 0.3 is 0 Å². The third-order valence-electron chi connectivity index (χ3n) is 3.80. The first-order valence-corrected chi connectivity index (χ1v) is 6.48. The largest absolute Gasteiger partial charge is 0.508 e. The van der Waals surface area contributed by atoms with E-state index in [-0.39, 0.29) is 0 Å². The number of aromatic hydroxyl groups is 1. The van der Waals surface area contributed by atoms with Crippen LogP contribution in [-0.2, 0) is 11.2 Å². The Hall–Kier alpha value is -1.06. The number of aryl methyl sites for hydroxylation is 1. The van der Waals surface area contributed by atoms with Crippen LogP contribution in [0.1, 0.15) is 36.4 Å². The van der Waals surface area contributed by atoms with Gasteiger partial charge in [-0.2, -0.15) is 0 Å². The van der Waals surface area contributed by atoms with E-state index in [1.807, 2.05) is 6.07 Å². The van der Waals surface area contributed by atoms with Gasteiger partial charge in [-0.15, -0.1) is 0 Å². The molecule has 0 bridgehead atoms. The fourth-order valence-electron chi connectivity index (χ4n) is 2.93. The number of nitrogens with one attached hydrogen (secondary N) is 1. The van der Waals surface area contributed by atoms with E-state index in [0.717, 1.165) is 32.5 Å². The molecule has 92 valence electrons. The molecule has 1 aliphatic carbocycles. The molecule has 3 nitrogen and oxygen atoms in total. The van der Waals surface area contributed by atoms with E-state index in [0.29, 0.717) is 17.8 Å². The van der Waals surface area contributed by atoms with E-state index in [9.17, 15) is 5.11 Å². The lowest BCUT2D eigenvalue weighted by Crippen LogP contribution is -2.38. The highest BCUT2D eigenvalue weighted by molar-refractivity contribution is 5.40. The zero-order chi connectivity index (χ0) is 11.7. The predicted octanol–water partition coefficient (Wildman–Crippen LogP) is 2.15. The smallest absolute Gasteiger partial charge is 0.115 e. The van der Waals surface area contributed by atoms with Crippen molar-refractivity contribution in [2.75, 3.05) is 13.2 Å². The van der Waals surface area contributed by atoms with E-state index in [4.69, 9.17) is 4.74 Å². The molecular weight excluding hydrogens is 214 g/mol. The molecule has 0 amide bonds. The Bertz CT molecular complexity index is 399. The summed E-state index contributed by atoms with van der Waals surface area (Å²) in [5.74, 6) is 0.380. The van der Waals surface area contributed by atoms with Gasteiger partial charge < -0.3 is 15.2 Å². The van der Waals surface area contributed by atoms with Crippen molar-refractivity contribution in [3.05, 3.63) is 29.3 Å². The Kier molecular flexibility index (Phi) is 3.04. The van der Waals surface area contributed by atoms with E-state index in [2.05, 4.69) is 11.4 Å². The van der Waals surface area contributed by atoms with Crippen molar-refractivity contribution in [3.63, 3.8) is 0 Å². The average molecular weight is 233 g/mol. The second kappa shape index (κ2) is 4.67. The molecule has 2 aliphatic rings. The first-order chi connectivity index (χ1) is 8.33. The van der Waals surface area contributed by atoms with Gasteiger partial charge in [0.2, 0.25) is 0 Å². The summed E-state index contributed by atoms with van der Waals surface area (Å²) < 4.78 is 5.50. The van der Waals surface area contributed by atoms with Crippen molar-refractivity contribution in [3.8, 4) is 5.75 Å². The molecule has 0 saturated carbocycles. The lowest BCUT2D eigenvalue weighted by molar-refractivity contribution is 0.0663. The molecular formula is C14H19NO2. The summed E-state index contributed by atoms with van der Waals surface area (Å²) in [5, 5.41) is 13.2. The van der Waals surface area contributed by atoms with E-state index >= 15 is 0 Å². The molecule has 0 aromatic heterocycles. The van der Waals surface area contributed by atoms with Crippen LogP contribution < -0.4 is 5.32 Å². The molecule has 1 aliphatic heterocycles. The minimum Gasteiger partial charge on any atom is -0.508 e. The van der Waals surface area contributed by atoms with Crippen LogP contribution in [0.5, 0.6) is 5.75 Å². The van der Waals surface area contributed by atoms with Crippen LogP contribution in [0, 0.1) is 0 Å². The van der Waals surface area contributed by atoms with Crippen LogP contribution in [0.2, 0.25) is 0 Å². The number of ether oxygens (including phenoxy) is 1. The molecule has 1 saturated heterocycles. The molecule has 2 N–H and O–H groups in total. The van der Waals surface area contributed by atoms with Crippen molar-refractivity contribution in [2.45, 2.75) is 37.8 Å². The molecule has 3 heteroatoms. The monoisotopic (exact) mass is 233 g/mol. The maximum Gasteiger partial charge on any atom is 0.115 e. The van der Waals surface area contributed by atoms with Gasteiger partial charge in [-0.25, -0.2) is 0 Å². The van der Waals surface area contributed by atoms with Crippen LogP contribution in [0.25, 0.3) is 0 Å². The molecule has 2 unspecified atom stereocenters.